The Hall–Kier alpha value is -2.34. The highest BCUT2D eigenvalue weighted by molar-refractivity contribution is 5.51. The van der Waals surface area contributed by atoms with Gasteiger partial charge in [-0.05, 0) is 44.1 Å². The van der Waals surface area contributed by atoms with E-state index in [0.29, 0.717) is 30.3 Å². The van der Waals surface area contributed by atoms with Crippen LogP contribution in [0.4, 0.5) is 5.82 Å². The summed E-state index contributed by atoms with van der Waals surface area (Å²) in [6.07, 6.45) is 3.42. The summed E-state index contributed by atoms with van der Waals surface area (Å²) in [6.45, 7) is 3.70. The molecular formula is C20H25N3O3. The zero-order valence-electron chi connectivity index (χ0n) is 15.1. The first kappa shape index (κ1) is 17.1. The summed E-state index contributed by atoms with van der Waals surface area (Å²) in [4.78, 5) is 27.9. The molecular weight excluding hydrogens is 330 g/mol. The molecule has 1 aromatic heterocycles. The minimum absolute atomic E-state index is 0.174. The van der Waals surface area contributed by atoms with Crippen LogP contribution in [0.15, 0.2) is 39.9 Å². The molecule has 2 aromatic rings. The van der Waals surface area contributed by atoms with Crippen molar-refractivity contribution < 1.29 is 4.74 Å². The van der Waals surface area contributed by atoms with Gasteiger partial charge < -0.3 is 10.1 Å². The minimum Gasteiger partial charge on any atom is -0.381 e. The predicted molar refractivity (Wildman–Crippen MR) is 101 cm³/mol. The normalized spacial score (nSPS) is 23.3. The van der Waals surface area contributed by atoms with Crippen LogP contribution in [0.2, 0.25) is 0 Å². The molecule has 2 aliphatic heterocycles. The molecule has 3 heterocycles. The Morgan fingerprint density at radius 3 is 2.62 bits per heavy atom. The topological polar surface area (TPSA) is 76.1 Å². The second kappa shape index (κ2) is 6.76. The van der Waals surface area contributed by atoms with Crippen molar-refractivity contribution in [2.75, 3.05) is 18.5 Å². The fraction of sp³-hybridized carbons (Fsp3) is 0.500. The highest BCUT2D eigenvalue weighted by atomic mass is 16.5. The fourth-order valence-electron chi connectivity index (χ4n) is 4.53. The van der Waals surface area contributed by atoms with E-state index in [9.17, 15) is 9.59 Å². The van der Waals surface area contributed by atoms with Crippen molar-refractivity contribution >= 4 is 5.82 Å². The van der Waals surface area contributed by atoms with Gasteiger partial charge in [-0.1, -0.05) is 30.3 Å². The van der Waals surface area contributed by atoms with Crippen molar-refractivity contribution in [3.8, 4) is 0 Å². The van der Waals surface area contributed by atoms with E-state index in [-0.39, 0.29) is 16.8 Å². The van der Waals surface area contributed by atoms with Crippen molar-refractivity contribution in [1.82, 2.24) is 9.55 Å². The molecule has 0 saturated carbocycles. The molecule has 0 spiro atoms. The van der Waals surface area contributed by atoms with Gasteiger partial charge in [-0.3, -0.25) is 14.3 Å². The van der Waals surface area contributed by atoms with Crippen molar-refractivity contribution in [2.45, 2.75) is 44.7 Å². The largest absolute Gasteiger partial charge is 0.381 e. The Morgan fingerprint density at radius 2 is 1.92 bits per heavy atom. The number of rotatable bonds is 3. The van der Waals surface area contributed by atoms with Gasteiger partial charge in [-0.2, -0.15) is 0 Å². The lowest BCUT2D eigenvalue weighted by atomic mass is 9.69. The number of hydrogen-bond donors (Lipinski definition) is 2. The number of hydrogen-bond acceptors (Lipinski definition) is 4. The molecule has 4 rings (SSSR count). The van der Waals surface area contributed by atoms with Crippen LogP contribution < -0.4 is 16.6 Å². The van der Waals surface area contributed by atoms with E-state index in [1.807, 2.05) is 25.1 Å². The van der Waals surface area contributed by atoms with E-state index in [1.165, 1.54) is 10.1 Å². The van der Waals surface area contributed by atoms with Gasteiger partial charge in [0, 0.05) is 19.8 Å². The Balaban J connectivity index is 1.83. The van der Waals surface area contributed by atoms with Gasteiger partial charge in [0.25, 0.3) is 5.56 Å². The number of nitrogens with one attached hydrogen (secondary N) is 2. The van der Waals surface area contributed by atoms with Gasteiger partial charge in [0.05, 0.1) is 11.1 Å². The second-order valence-corrected chi connectivity index (χ2v) is 7.18. The van der Waals surface area contributed by atoms with Crippen LogP contribution in [0.3, 0.4) is 0 Å². The highest BCUT2D eigenvalue weighted by Crippen LogP contribution is 2.44. The van der Waals surface area contributed by atoms with Crippen LogP contribution in [-0.2, 0) is 23.2 Å². The Labute approximate surface area is 152 Å². The van der Waals surface area contributed by atoms with Crippen LogP contribution in [-0.4, -0.2) is 22.8 Å². The lowest BCUT2D eigenvalue weighted by Crippen LogP contribution is -2.50. The molecule has 6 nitrogen and oxygen atoms in total. The quantitative estimate of drug-likeness (QED) is 0.885. The number of H-pyrrole nitrogens is 1. The zero-order valence-corrected chi connectivity index (χ0v) is 15.1. The maximum Gasteiger partial charge on any atom is 0.329 e. The van der Waals surface area contributed by atoms with Crippen molar-refractivity contribution in [2.24, 2.45) is 5.92 Å². The van der Waals surface area contributed by atoms with Crippen LogP contribution in [0.1, 0.15) is 37.3 Å². The number of anilines is 1. The molecule has 1 aromatic carbocycles. The number of aromatic nitrogens is 2. The number of nitrogens with zero attached hydrogens (tertiary/aromatic N) is 1. The van der Waals surface area contributed by atoms with Crippen molar-refractivity contribution in [3.05, 3.63) is 62.3 Å². The smallest absolute Gasteiger partial charge is 0.329 e. The monoisotopic (exact) mass is 355 g/mol. The minimum atomic E-state index is -0.348. The summed E-state index contributed by atoms with van der Waals surface area (Å²) in [7, 11) is 0. The number of fused-ring (bicyclic) bond motifs is 1. The standard InChI is InChI=1S/C20H25N3O3/c1-2-23-18(24)16-8-11-20(14-6-4-3-5-7-14,15-9-12-26-13-10-15)22-17(16)21-19(23)25/h3-7,15,22H,2,8-13H2,1H3,(H,21,25)/t20-/m0/s1. The van der Waals surface area contributed by atoms with E-state index in [4.69, 9.17) is 4.74 Å². The molecule has 0 aliphatic carbocycles. The maximum absolute atomic E-state index is 12.7. The lowest BCUT2D eigenvalue weighted by molar-refractivity contribution is 0.0391. The molecule has 2 N–H and O–H groups in total. The van der Waals surface area contributed by atoms with Gasteiger partial charge >= 0.3 is 5.69 Å². The first-order chi connectivity index (χ1) is 12.7. The Kier molecular flexibility index (Phi) is 4.44. The summed E-state index contributed by atoms with van der Waals surface area (Å²) in [5.74, 6) is 0.982. The number of ether oxygens (including phenoxy) is 1. The van der Waals surface area contributed by atoms with E-state index >= 15 is 0 Å². The molecule has 138 valence electrons. The maximum atomic E-state index is 12.7. The average Bonchev–Trinajstić information content (AvgIpc) is 2.69. The lowest BCUT2D eigenvalue weighted by Gasteiger charge is -2.47. The molecule has 0 unspecified atom stereocenters. The van der Waals surface area contributed by atoms with Crippen LogP contribution in [0, 0.1) is 5.92 Å². The van der Waals surface area contributed by atoms with E-state index in [0.717, 1.165) is 32.5 Å². The third-order valence-electron chi connectivity index (χ3n) is 5.92. The molecule has 0 bridgehead atoms. The molecule has 0 amide bonds. The summed E-state index contributed by atoms with van der Waals surface area (Å²) < 4.78 is 6.84. The SMILES string of the molecule is CCn1c(=O)[nH]c2c(c1=O)CC[C@](c1ccccc1)(C1CCOCC1)N2. The molecule has 0 radical (unpaired) electrons. The van der Waals surface area contributed by atoms with Crippen LogP contribution in [0.25, 0.3) is 0 Å². The van der Waals surface area contributed by atoms with Crippen LogP contribution >= 0.6 is 0 Å². The first-order valence-corrected chi connectivity index (χ1v) is 9.43. The van der Waals surface area contributed by atoms with E-state index in [2.05, 4.69) is 22.4 Å². The summed E-state index contributed by atoms with van der Waals surface area (Å²) >= 11 is 0. The van der Waals surface area contributed by atoms with Gasteiger partial charge in [0.1, 0.15) is 5.82 Å². The fourth-order valence-corrected chi connectivity index (χ4v) is 4.53. The molecule has 2 aliphatic rings. The van der Waals surface area contributed by atoms with Crippen LogP contribution in [0.5, 0.6) is 0 Å². The molecule has 6 heteroatoms. The molecule has 1 fully saturated rings. The van der Waals surface area contributed by atoms with E-state index in [1.54, 1.807) is 0 Å². The zero-order chi connectivity index (χ0) is 18.1. The second-order valence-electron chi connectivity index (χ2n) is 7.18. The summed E-state index contributed by atoms with van der Waals surface area (Å²) in [5.41, 5.74) is 1.08. The number of aromatic amines is 1. The molecule has 26 heavy (non-hydrogen) atoms. The van der Waals surface area contributed by atoms with Crippen molar-refractivity contribution in [3.63, 3.8) is 0 Å². The molecule has 1 saturated heterocycles. The summed E-state index contributed by atoms with van der Waals surface area (Å²) in [6, 6.07) is 10.4. The first-order valence-electron chi connectivity index (χ1n) is 9.43. The van der Waals surface area contributed by atoms with Gasteiger partial charge in [0.2, 0.25) is 0 Å². The Bertz CT molecular complexity index is 897. The highest BCUT2D eigenvalue weighted by Gasteiger charge is 2.44. The van der Waals surface area contributed by atoms with Gasteiger partial charge in [0.15, 0.2) is 0 Å². The average molecular weight is 355 g/mol. The Morgan fingerprint density at radius 1 is 1.19 bits per heavy atom. The summed E-state index contributed by atoms with van der Waals surface area (Å²) in [5, 5.41) is 3.61. The van der Waals surface area contributed by atoms with Crippen molar-refractivity contribution in [1.29, 1.82) is 0 Å². The molecule has 1 atom stereocenters. The van der Waals surface area contributed by atoms with Gasteiger partial charge in [-0.25, -0.2) is 4.79 Å². The third kappa shape index (κ3) is 2.69. The predicted octanol–water partition coefficient (Wildman–Crippen LogP) is 2.24. The third-order valence-corrected chi connectivity index (χ3v) is 5.92. The van der Waals surface area contributed by atoms with Gasteiger partial charge in [-0.15, -0.1) is 0 Å². The number of benzene rings is 1. The van der Waals surface area contributed by atoms with E-state index < -0.39 is 0 Å².